The fraction of sp³-hybridized carbons (Fsp3) is 0.444. The fourth-order valence-corrected chi connectivity index (χ4v) is 6.25. The number of aliphatic hydroxyl groups is 4. The summed E-state index contributed by atoms with van der Waals surface area (Å²) in [5, 5.41) is 47.6. The van der Waals surface area contributed by atoms with Crippen LogP contribution in [-0.2, 0) is 55.8 Å². The smallest absolute Gasteiger partial charge is 0.310 e. The molecule has 3 heterocycles. The number of benzene rings is 3. The Morgan fingerprint density at radius 1 is 0.843 bits per heavy atom. The number of hydrogen-bond donors (Lipinski definition) is 5. The van der Waals surface area contributed by atoms with Crippen LogP contribution in [0.3, 0.4) is 0 Å². The molecule has 3 aliphatic heterocycles. The lowest BCUT2D eigenvalue weighted by Gasteiger charge is -2.48. The molecule has 15 heteroatoms. The molecule has 0 aliphatic carbocycles. The molecule has 3 aliphatic rings. The predicted octanol–water partition coefficient (Wildman–Crippen LogP) is 1.99. The van der Waals surface area contributed by atoms with E-state index < -0.39 is 80.3 Å². The van der Waals surface area contributed by atoms with Crippen LogP contribution in [0.15, 0.2) is 78.9 Å². The van der Waals surface area contributed by atoms with Crippen molar-refractivity contribution in [2.24, 2.45) is 0 Å². The molecule has 3 saturated heterocycles. The van der Waals surface area contributed by atoms with E-state index in [2.05, 4.69) is 5.32 Å². The molecule has 14 nitrogen and oxygen atoms in total. The van der Waals surface area contributed by atoms with Gasteiger partial charge in [-0.3, -0.25) is 9.59 Å². The summed E-state index contributed by atoms with van der Waals surface area (Å²) in [6, 6.07) is 22.8. The third kappa shape index (κ3) is 9.11. The maximum Gasteiger partial charge on any atom is 0.310 e. The maximum atomic E-state index is 12.8. The summed E-state index contributed by atoms with van der Waals surface area (Å²) in [7, 11) is 0. The molecule has 11 atom stereocenters. The topological polar surface area (TPSA) is 192 Å². The van der Waals surface area contributed by atoms with E-state index in [9.17, 15) is 30.0 Å². The van der Waals surface area contributed by atoms with Crippen LogP contribution in [0.1, 0.15) is 29.9 Å². The first-order valence-electron chi connectivity index (χ1n) is 16.4. The second-order valence-corrected chi connectivity index (χ2v) is 12.9. The Hall–Kier alpha value is -3.51. The van der Waals surface area contributed by atoms with E-state index in [0.29, 0.717) is 21.8 Å². The molecule has 0 aromatic heterocycles. The highest BCUT2D eigenvalue weighted by atomic mass is 35.5. The molecular formula is C36H40ClNO13. The Kier molecular flexibility index (Phi) is 12.3. The summed E-state index contributed by atoms with van der Waals surface area (Å²) >= 11 is 6.18. The first-order chi connectivity index (χ1) is 24.6. The zero-order chi connectivity index (χ0) is 36.1. The Morgan fingerprint density at radius 3 is 2.27 bits per heavy atom. The van der Waals surface area contributed by atoms with Gasteiger partial charge >= 0.3 is 5.97 Å². The lowest BCUT2D eigenvalue weighted by molar-refractivity contribution is -0.386. The number of anilines is 1. The van der Waals surface area contributed by atoms with Gasteiger partial charge in [-0.2, -0.15) is 0 Å². The van der Waals surface area contributed by atoms with Crippen molar-refractivity contribution in [1.82, 2.24) is 0 Å². The molecule has 0 radical (unpaired) electrons. The summed E-state index contributed by atoms with van der Waals surface area (Å²) in [5.74, 6) is -0.917. The highest BCUT2D eigenvalue weighted by Crippen LogP contribution is 2.36. The molecule has 274 valence electrons. The van der Waals surface area contributed by atoms with Crippen LogP contribution in [0.4, 0.5) is 5.69 Å². The minimum Gasteiger partial charge on any atom is -0.463 e. The summed E-state index contributed by atoms with van der Waals surface area (Å²) in [4.78, 5) is 24.4. The van der Waals surface area contributed by atoms with Crippen molar-refractivity contribution in [2.75, 3.05) is 18.5 Å². The van der Waals surface area contributed by atoms with Crippen LogP contribution in [0.2, 0.25) is 5.02 Å². The summed E-state index contributed by atoms with van der Waals surface area (Å²) < 4.78 is 41.1. The number of rotatable bonds is 11. The molecular weight excluding hydrogens is 690 g/mol. The average Bonchev–Trinajstić information content (AvgIpc) is 3.13. The number of fused-ring (bicyclic) bond motifs is 1. The van der Waals surface area contributed by atoms with E-state index in [4.69, 9.17) is 44.8 Å². The van der Waals surface area contributed by atoms with Crippen LogP contribution >= 0.6 is 11.6 Å². The standard InChI is InChI=1S/C36H40ClNO13/c1-19(39)38-24-14-21(12-13-23(24)37)16-46-35-30(43)28(41)33(25(48-35)17-45-27(40)15-20-8-4-2-5-9-20)51-36-31(44)29(42)32-26(49-36)18-47-34(50-32)22-10-6-3-7-11-22/h2-14,25-26,28-36,41-44H,15-18H2,1H3,(H,38,39)/t25-,26-,28-,29-,30-,31-,32-,33-,34-,35-,36+/m1/s1. The van der Waals surface area contributed by atoms with Crippen molar-refractivity contribution in [3.8, 4) is 0 Å². The number of nitrogens with one attached hydrogen (secondary N) is 1. The van der Waals surface area contributed by atoms with E-state index >= 15 is 0 Å². The number of ether oxygens (including phenoxy) is 7. The number of hydrogen-bond acceptors (Lipinski definition) is 13. The second kappa shape index (κ2) is 16.9. The van der Waals surface area contributed by atoms with E-state index in [0.717, 1.165) is 5.56 Å². The highest BCUT2D eigenvalue weighted by molar-refractivity contribution is 6.33. The summed E-state index contributed by atoms with van der Waals surface area (Å²) in [5.41, 5.74) is 2.35. The van der Waals surface area contributed by atoms with Crippen LogP contribution < -0.4 is 5.32 Å². The molecule has 3 aromatic rings. The van der Waals surface area contributed by atoms with Crippen LogP contribution in [0, 0.1) is 0 Å². The molecule has 51 heavy (non-hydrogen) atoms. The van der Waals surface area contributed by atoms with Crippen LogP contribution in [-0.4, -0.2) is 107 Å². The Morgan fingerprint density at radius 2 is 1.55 bits per heavy atom. The monoisotopic (exact) mass is 729 g/mol. The lowest BCUT2D eigenvalue weighted by atomic mass is 9.96. The molecule has 3 aromatic carbocycles. The number of amides is 1. The maximum absolute atomic E-state index is 12.8. The molecule has 6 rings (SSSR count). The van der Waals surface area contributed by atoms with Gasteiger partial charge in [-0.1, -0.05) is 78.3 Å². The van der Waals surface area contributed by atoms with Crippen molar-refractivity contribution in [3.05, 3.63) is 101 Å². The van der Waals surface area contributed by atoms with E-state index in [1.165, 1.54) is 6.92 Å². The first-order valence-corrected chi connectivity index (χ1v) is 16.8. The van der Waals surface area contributed by atoms with Gasteiger partial charge in [0.1, 0.15) is 55.4 Å². The zero-order valence-electron chi connectivity index (χ0n) is 27.5. The molecule has 0 saturated carbocycles. The SMILES string of the molecule is CC(=O)Nc1cc(CO[C@@H]2O[C@H](COC(=O)Cc3ccccc3)[C@@H](O[C@@H]3O[C@@H]4CO[C@@H](c5ccccc5)O[C@H]4[C@H](O)[C@H]3O)[C@H](O)[C@H]2O)ccc1Cl. The van der Waals surface area contributed by atoms with E-state index in [1.807, 2.05) is 36.4 Å². The third-order valence-corrected chi connectivity index (χ3v) is 9.02. The Labute approximate surface area is 298 Å². The van der Waals surface area contributed by atoms with Gasteiger partial charge in [-0.05, 0) is 23.3 Å². The van der Waals surface area contributed by atoms with E-state index in [1.54, 1.807) is 42.5 Å². The molecule has 0 unspecified atom stereocenters. The zero-order valence-corrected chi connectivity index (χ0v) is 28.3. The fourth-order valence-electron chi connectivity index (χ4n) is 6.08. The number of carbonyl (C=O) groups is 2. The quantitative estimate of drug-likeness (QED) is 0.180. The van der Waals surface area contributed by atoms with Gasteiger partial charge in [-0.15, -0.1) is 0 Å². The van der Waals surface area contributed by atoms with Gasteiger partial charge in [0.15, 0.2) is 18.9 Å². The molecule has 3 fully saturated rings. The normalized spacial score (nSPS) is 32.1. The van der Waals surface area contributed by atoms with Gasteiger partial charge in [0.2, 0.25) is 5.91 Å². The van der Waals surface area contributed by atoms with Crippen molar-refractivity contribution >= 4 is 29.2 Å². The highest BCUT2D eigenvalue weighted by Gasteiger charge is 2.53. The molecule has 0 bridgehead atoms. The van der Waals surface area contributed by atoms with Crippen LogP contribution in [0.5, 0.6) is 0 Å². The van der Waals surface area contributed by atoms with Crippen molar-refractivity contribution in [1.29, 1.82) is 0 Å². The van der Waals surface area contributed by atoms with Gasteiger partial charge in [0, 0.05) is 12.5 Å². The second-order valence-electron chi connectivity index (χ2n) is 12.5. The summed E-state index contributed by atoms with van der Waals surface area (Å²) in [6.45, 7) is 0.766. The molecule has 5 N–H and O–H groups in total. The van der Waals surface area contributed by atoms with E-state index in [-0.39, 0.29) is 25.5 Å². The largest absolute Gasteiger partial charge is 0.463 e. The van der Waals surface area contributed by atoms with Crippen molar-refractivity contribution in [2.45, 2.75) is 87.7 Å². The Balaban J connectivity index is 1.15. The molecule has 1 amide bonds. The minimum absolute atomic E-state index is 0.00893. The minimum atomic E-state index is -1.70. The number of halogens is 1. The third-order valence-electron chi connectivity index (χ3n) is 8.69. The van der Waals surface area contributed by atoms with Crippen molar-refractivity contribution < 1.29 is 63.2 Å². The summed E-state index contributed by atoms with van der Waals surface area (Å²) in [6.07, 6.45) is -14.8. The lowest BCUT2D eigenvalue weighted by Crippen LogP contribution is -2.66. The van der Waals surface area contributed by atoms with Gasteiger partial charge < -0.3 is 58.9 Å². The van der Waals surface area contributed by atoms with Crippen LogP contribution in [0.25, 0.3) is 0 Å². The first kappa shape index (κ1) is 37.3. The number of carbonyl (C=O) groups excluding carboxylic acids is 2. The van der Waals surface area contributed by atoms with Gasteiger partial charge in [-0.25, -0.2) is 0 Å². The predicted molar refractivity (Wildman–Crippen MR) is 178 cm³/mol. The number of esters is 1. The van der Waals surface area contributed by atoms with Crippen molar-refractivity contribution in [3.63, 3.8) is 0 Å². The van der Waals surface area contributed by atoms with Gasteiger partial charge in [0.25, 0.3) is 0 Å². The average molecular weight is 730 g/mol. The Bertz CT molecular complexity index is 1620. The number of aliphatic hydroxyl groups excluding tert-OH is 4. The molecule has 0 spiro atoms. The van der Waals surface area contributed by atoms with Gasteiger partial charge in [0.05, 0.1) is 30.3 Å².